The van der Waals surface area contributed by atoms with E-state index in [-0.39, 0.29) is 0 Å². The Hall–Kier alpha value is -0.950. The molecular formula is C55H109NO5. The molecule has 0 saturated heterocycles. The first-order valence-corrected chi connectivity index (χ1v) is 27.6. The van der Waals surface area contributed by atoms with Crippen LogP contribution in [0, 0.1) is 0 Å². The Morgan fingerprint density at radius 3 is 0.984 bits per heavy atom. The molecule has 0 aliphatic rings. The van der Waals surface area contributed by atoms with Crippen LogP contribution in [0.15, 0.2) is 12.2 Å². The first-order valence-electron chi connectivity index (χ1n) is 27.6. The molecule has 0 aliphatic carbocycles. The van der Waals surface area contributed by atoms with Gasteiger partial charge in [0.25, 0.3) is 0 Å². The number of unbranched alkanes of at least 4 members (excludes halogenated alkanes) is 40. The third-order valence-electron chi connectivity index (χ3n) is 13.2. The average molecular weight is 864 g/mol. The molecule has 0 heterocycles. The summed E-state index contributed by atoms with van der Waals surface area (Å²) >= 11 is 0. The third-order valence-corrected chi connectivity index (χ3v) is 13.2. The van der Waals surface area contributed by atoms with Crippen LogP contribution in [0.25, 0.3) is 0 Å². The fourth-order valence-electron chi connectivity index (χ4n) is 8.88. The Bertz CT molecular complexity index is 882. The van der Waals surface area contributed by atoms with E-state index in [2.05, 4.69) is 31.3 Å². The van der Waals surface area contributed by atoms with Crippen LogP contribution in [0.2, 0.25) is 0 Å². The van der Waals surface area contributed by atoms with E-state index < -0.39 is 36.9 Å². The molecule has 0 aromatic heterocycles. The number of rotatable bonds is 51. The van der Waals surface area contributed by atoms with Gasteiger partial charge in [-0.3, -0.25) is 4.79 Å². The van der Waals surface area contributed by atoms with E-state index in [1.165, 1.54) is 238 Å². The molecule has 0 bridgehead atoms. The Labute approximate surface area is 381 Å². The summed E-state index contributed by atoms with van der Waals surface area (Å²) < 4.78 is 0. The topological polar surface area (TPSA) is 110 Å². The maximum absolute atomic E-state index is 12.6. The number of allylic oxidation sites excluding steroid dienone is 2. The number of aliphatic hydroxyl groups excluding tert-OH is 4. The first-order chi connectivity index (χ1) is 30.0. The number of hydrogen-bond acceptors (Lipinski definition) is 5. The fourth-order valence-corrected chi connectivity index (χ4v) is 8.88. The number of hydrogen-bond donors (Lipinski definition) is 5. The van der Waals surface area contributed by atoms with Crippen LogP contribution in [0.1, 0.15) is 303 Å². The van der Waals surface area contributed by atoms with Gasteiger partial charge in [0.05, 0.1) is 18.8 Å². The molecule has 6 heteroatoms. The van der Waals surface area contributed by atoms with E-state index in [4.69, 9.17) is 0 Å². The van der Waals surface area contributed by atoms with Crippen LogP contribution in [-0.4, -0.2) is 57.3 Å². The number of carbonyl (C=O) groups is 1. The lowest BCUT2D eigenvalue weighted by Gasteiger charge is -2.27. The molecule has 0 radical (unpaired) electrons. The molecule has 4 unspecified atom stereocenters. The molecule has 0 saturated carbocycles. The van der Waals surface area contributed by atoms with Crippen molar-refractivity contribution >= 4 is 5.91 Å². The molecule has 4 atom stereocenters. The average Bonchev–Trinajstić information content (AvgIpc) is 3.26. The number of amides is 1. The van der Waals surface area contributed by atoms with Crippen molar-refractivity contribution in [3.63, 3.8) is 0 Å². The van der Waals surface area contributed by atoms with Gasteiger partial charge in [-0.05, 0) is 38.5 Å². The van der Waals surface area contributed by atoms with E-state index in [9.17, 15) is 25.2 Å². The Morgan fingerprint density at radius 1 is 0.393 bits per heavy atom. The summed E-state index contributed by atoms with van der Waals surface area (Å²) in [5.74, 6) is -0.587. The fraction of sp³-hybridized carbons (Fsp3) is 0.945. The summed E-state index contributed by atoms with van der Waals surface area (Å²) in [6, 6.07) is -0.998. The van der Waals surface area contributed by atoms with Crippen molar-refractivity contribution in [3.05, 3.63) is 12.2 Å². The van der Waals surface area contributed by atoms with E-state index in [0.717, 1.165) is 38.5 Å². The molecule has 61 heavy (non-hydrogen) atoms. The second-order valence-corrected chi connectivity index (χ2v) is 19.3. The second-order valence-electron chi connectivity index (χ2n) is 19.3. The van der Waals surface area contributed by atoms with Crippen molar-refractivity contribution in [2.45, 2.75) is 327 Å². The SMILES string of the molecule is CCCCCCCCCCCCCCCCCCCCC/C=C/CCCC(O)C(O)C(CO)NC(=O)C(O)CCCCCCCCCCCCCCCCCCCCCCC. The first kappa shape index (κ1) is 60.1. The zero-order chi connectivity index (χ0) is 44.5. The summed E-state index contributed by atoms with van der Waals surface area (Å²) in [5, 5.41) is 43.9. The van der Waals surface area contributed by atoms with Crippen molar-refractivity contribution < 1.29 is 25.2 Å². The van der Waals surface area contributed by atoms with E-state index in [0.29, 0.717) is 12.8 Å². The molecule has 364 valence electrons. The minimum Gasteiger partial charge on any atom is -0.394 e. The minimum absolute atomic E-state index is 0.369. The van der Waals surface area contributed by atoms with Crippen molar-refractivity contribution in [2.24, 2.45) is 0 Å². The molecule has 0 fully saturated rings. The third kappa shape index (κ3) is 44.1. The molecule has 0 spiro atoms. The van der Waals surface area contributed by atoms with Gasteiger partial charge in [0, 0.05) is 0 Å². The summed E-state index contributed by atoms with van der Waals surface area (Å²) in [6.45, 7) is 4.08. The normalized spacial score (nSPS) is 13.9. The van der Waals surface area contributed by atoms with Gasteiger partial charge in [0.15, 0.2) is 0 Å². The van der Waals surface area contributed by atoms with Crippen LogP contribution >= 0.6 is 0 Å². The highest BCUT2D eigenvalue weighted by atomic mass is 16.3. The smallest absolute Gasteiger partial charge is 0.249 e. The maximum atomic E-state index is 12.6. The number of nitrogens with one attached hydrogen (secondary N) is 1. The number of aliphatic hydroxyl groups is 4. The van der Waals surface area contributed by atoms with E-state index in [1.54, 1.807) is 0 Å². The molecule has 1 amide bonds. The summed E-state index contributed by atoms with van der Waals surface area (Å²) in [6.07, 6.45) is 58.5. The molecular weight excluding hydrogens is 755 g/mol. The maximum Gasteiger partial charge on any atom is 0.249 e. The summed E-state index contributed by atoms with van der Waals surface area (Å²) in [5.41, 5.74) is 0. The van der Waals surface area contributed by atoms with Crippen LogP contribution in [0.4, 0.5) is 0 Å². The van der Waals surface area contributed by atoms with Gasteiger partial charge in [-0.25, -0.2) is 0 Å². The van der Waals surface area contributed by atoms with Crippen molar-refractivity contribution in [1.29, 1.82) is 0 Å². The molecule has 6 nitrogen and oxygen atoms in total. The largest absolute Gasteiger partial charge is 0.394 e. The van der Waals surface area contributed by atoms with E-state index >= 15 is 0 Å². The standard InChI is InChI=1S/C55H109NO5/c1-3-5-7-9-11-13-15-17-19-21-23-25-26-27-29-30-32-34-36-38-40-42-44-46-48-52(58)54(60)51(50-57)56-55(61)53(59)49-47-45-43-41-39-37-35-33-31-28-24-22-20-18-16-14-12-10-8-6-4-2/h40,42,51-54,57-60H,3-39,41,43-50H2,1-2H3,(H,56,61)/b42-40+. The second kappa shape index (κ2) is 50.1. The van der Waals surface area contributed by atoms with Crippen LogP contribution in [0.5, 0.6) is 0 Å². The van der Waals surface area contributed by atoms with Gasteiger partial charge in [-0.1, -0.05) is 276 Å². The lowest BCUT2D eigenvalue weighted by molar-refractivity contribution is -0.132. The van der Waals surface area contributed by atoms with Gasteiger partial charge < -0.3 is 25.7 Å². The van der Waals surface area contributed by atoms with E-state index in [1.807, 2.05) is 0 Å². The minimum atomic E-state index is -1.28. The lowest BCUT2D eigenvalue weighted by atomic mass is 10.00. The summed E-state index contributed by atoms with van der Waals surface area (Å²) in [7, 11) is 0. The summed E-state index contributed by atoms with van der Waals surface area (Å²) in [4.78, 5) is 12.6. The molecule has 0 aromatic rings. The van der Waals surface area contributed by atoms with Gasteiger partial charge in [0.2, 0.25) is 5.91 Å². The Morgan fingerprint density at radius 2 is 0.672 bits per heavy atom. The zero-order valence-corrected chi connectivity index (χ0v) is 41.2. The zero-order valence-electron chi connectivity index (χ0n) is 41.2. The van der Waals surface area contributed by atoms with Gasteiger partial charge >= 0.3 is 0 Å². The molecule has 0 rings (SSSR count). The monoisotopic (exact) mass is 864 g/mol. The van der Waals surface area contributed by atoms with Crippen molar-refractivity contribution in [1.82, 2.24) is 5.32 Å². The molecule has 0 aliphatic heterocycles. The highest BCUT2D eigenvalue weighted by Crippen LogP contribution is 2.18. The van der Waals surface area contributed by atoms with Crippen LogP contribution in [-0.2, 0) is 4.79 Å². The predicted molar refractivity (Wildman–Crippen MR) is 265 cm³/mol. The lowest BCUT2D eigenvalue weighted by Crippen LogP contribution is -2.53. The number of carbonyl (C=O) groups excluding carboxylic acids is 1. The van der Waals surface area contributed by atoms with Crippen LogP contribution in [0.3, 0.4) is 0 Å². The van der Waals surface area contributed by atoms with Crippen molar-refractivity contribution in [3.8, 4) is 0 Å². The van der Waals surface area contributed by atoms with Crippen LogP contribution < -0.4 is 5.32 Å². The van der Waals surface area contributed by atoms with Gasteiger partial charge in [0.1, 0.15) is 12.2 Å². The van der Waals surface area contributed by atoms with Crippen molar-refractivity contribution in [2.75, 3.05) is 6.61 Å². The Balaban J connectivity index is 3.64. The van der Waals surface area contributed by atoms with Gasteiger partial charge in [-0.2, -0.15) is 0 Å². The quantitative estimate of drug-likeness (QED) is 0.0309. The highest BCUT2D eigenvalue weighted by molar-refractivity contribution is 5.80. The Kier molecular flexibility index (Phi) is 49.3. The molecule has 5 N–H and O–H groups in total. The predicted octanol–water partition coefficient (Wildman–Crippen LogP) is 15.7. The highest BCUT2D eigenvalue weighted by Gasteiger charge is 2.28. The van der Waals surface area contributed by atoms with Gasteiger partial charge in [-0.15, -0.1) is 0 Å². The molecule has 0 aromatic carbocycles.